The summed E-state index contributed by atoms with van der Waals surface area (Å²) in [6.45, 7) is 0. The van der Waals surface area contributed by atoms with E-state index in [2.05, 4.69) is 0 Å². The second-order valence-electron chi connectivity index (χ2n) is 4.05. The number of benzene rings is 2. The van der Waals surface area contributed by atoms with Crippen molar-refractivity contribution in [3.8, 4) is 11.1 Å². The number of carbonyl (C=O) groups excluding carboxylic acids is 1. The van der Waals surface area contributed by atoms with Gasteiger partial charge in [0.1, 0.15) is 0 Å². The molecule has 0 aromatic heterocycles. The third kappa shape index (κ3) is 2.63. The molecule has 2 rings (SSSR count). The van der Waals surface area contributed by atoms with Crippen molar-refractivity contribution >= 4 is 17.6 Å². The monoisotopic (exact) mass is 255 g/mol. The van der Waals surface area contributed by atoms with Crippen LogP contribution in [-0.4, -0.2) is 24.0 Å². The Morgan fingerprint density at radius 1 is 0.947 bits per heavy atom. The molecule has 0 saturated heterocycles. The normalized spacial score (nSPS) is 9.95. The van der Waals surface area contributed by atoms with Crippen molar-refractivity contribution in [1.29, 1.82) is 0 Å². The fourth-order valence-electron chi connectivity index (χ4n) is 1.88. The molecule has 2 aromatic carbocycles. The van der Waals surface area contributed by atoms with Gasteiger partial charge in [-0.05, 0) is 11.6 Å². The summed E-state index contributed by atoms with van der Waals surface area (Å²) < 4.78 is 0. The lowest BCUT2D eigenvalue weighted by molar-refractivity contribution is -0.148. The highest BCUT2D eigenvalue weighted by Crippen LogP contribution is 2.29. The molecule has 0 bridgehead atoms. The minimum Gasteiger partial charge on any atom is -0.474 e. The Hall–Kier alpha value is -2.62. The van der Waals surface area contributed by atoms with Crippen molar-refractivity contribution < 1.29 is 14.7 Å². The number of hydrogen-bond donors (Lipinski definition) is 1. The Balaban J connectivity index is 2.48. The molecule has 1 amide bonds. The molecule has 0 saturated carbocycles. The van der Waals surface area contributed by atoms with E-state index < -0.39 is 11.9 Å². The Morgan fingerprint density at radius 3 is 2.16 bits per heavy atom. The number of amides is 1. The lowest BCUT2D eigenvalue weighted by Gasteiger charge is -2.18. The van der Waals surface area contributed by atoms with Crippen LogP contribution in [0.15, 0.2) is 54.6 Å². The zero-order valence-corrected chi connectivity index (χ0v) is 10.4. The SMILES string of the molecule is CN(C(=O)C(=O)O)c1ccccc1-c1ccccc1. The lowest BCUT2D eigenvalue weighted by Crippen LogP contribution is -2.33. The first-order valence-electron chi connectivity index (χ1n) is 5.76. The van der Waals surface area contributed by atoms with Gasteiger partial charge in [0.15, 0.2) is 0 Å². The Kier molecular flexibility index (Phi) is 3.61. The molecule has 0 unspecified atom stereocenters. The van der Waals surface area contributed by atoms with Gasteiger partial charge in [0, 0.05) is 12.6 Å². The predicted octanol–water partition coefficient (Wildman–Crippen LogP) is 2.40. The molecular formula is C15H13NO3. The molecule has 0 atom stereocenters. The number of likely N-dealkylation sites (N-methyl/N-ethyl adjacent to an activating group) is 1. The topological polar surface area (TPSA) is 57.6 Å². The van der Waals surface area contributed by atoms with Crippen LogP contribution in [0, 0.1) is 0 Å². The summed E-state index contributed by atoms with van der Waals surface area (Å²) in [4.78, 5) is 23.5. The quantitative estimate of drug-likeness (QED) is 0.838. The number of carboxylic acid groups (broad SMARTS) is 1. The molecular weight excluding hydrogens is 242 g/mol. The van der Waals surface area contributed by atoms with Crippen LogP contribution in [0.25, 0.3) is 11.1 Å². The zero-order chi connectivity index (χ0) is 13.8. The van der Waals surface area contributed by atoms with Crippen molar-refractivity contribution in [3.63, 3.8) is 0 Å². The van der Waals surface area contributed by atoms with Crippen LogP contribution in [0.1, 0.15) is 0 Å². The molecule has 0 heterocycles. The van der Waals surface area contributed by atoms with Gasteiger partial charge in [0.2, 0.25) is 0 Å². The Morgan fingerprint density at radius 2 is 1.53 bits per heavy atom. The maximum atomic E-state index is 11.6. The third-order valence-electron chi connectivity index (χ3n) is 2.84. The summed E-state index contributed by atoms with van der Waals surface area (Å²) in [5, 5.41) is 8.78. The second kappa shape index (κ2) is 5.35. The number of para-hydroxylation sites is 1. The van der Waals surface area contributed by atoms with Crippen molar-refractivity contribution in [2.24, 2.45) is 0 Å². The number of rotatable bonds is 2. The van der Waals surface area contributed by atoms with Crippen LogP contribution in [0.4, 0.5) is 5.69 Å². The molecule has 0 aliphatic carbocycles. The minimum absolute atomic E-state index is 0.570. The van der Waals surface area contributed by atoms with Gasteiger partial charge in [-0.25, -0.2) is 4.79 Å². The molecule has 0 spiro atoms. The molecule has 0 aliphatic rings. The first-order chi connectivity index (χ1) is 9.11. The number of nitrogens with zero attached hydrogens (tertiary/aromatic N) is 1. The molecule has 0 aliphatic heterocycles. The van der Waals surface area contributed by atoms with Crippen molar-refractivity contribution in [3.05, 3.63) is 54.6 Å². The highest BCUT2D eigenvalue weighted by atomic mass is 16.4. The number of aliphatic carboxylic acids is 1. The zero-order valence-electron chi connectivity index (χ0n) is 10.4. The van der Waals surface area contributed by atoms with Gasteiger partial charge in [0.25, 0.3) is 0 Å². The van der Waals surface area contributed by atoms with Gasteiger partial charge >= 0.3 is 11.9 Å². The van der Waals surface area contributed by atoms with E-state index in [-0.39, 0.29) is 0 Å². The molecule has 19 heavy (non-hydrogen) atoms. The van der Waals surface area contributed by atoms with Gasteiger partial charge in [-0.2, -0.15) is 0 Å². The first kappa shape index (κ1) is 12.8. The van der Waals surface area contributed by atoms with Crippen LogP contribution in [0.3, 0.4) is 0 Å². The summed E-state index contributed by atoms with van der Waals surface area (Å²) in [7, 11) is 1.46. The Bertz CT molecular complexity index is 608. The van der Waals surface area contributed by atoms with E-state index in [1.807, 2.05) is 42.5 Å². The van der Waals surface area contributed by atoms with Crippen LogP contribution >= 0.6 is 0 Å². The largest absolute Gasteiger partial charge is 0.474 e. The highest BCUT2D eigenvalue weighted by Gasteiger charge is 2.20. The van der Waals surface area contributed by atoms with E-state index >= 15 is 0 Å². The average Bonchev–Trinajstić information content (AvgIpc) is 2.46. The Labute approximate surface area is 110 Å². The summed E-state index contributed by atoms with van der Waals surface area (Å²) in [6.07, 6.45) is 0. The second-order valence-corrected chi connectivity index (χ2v) is 4.05. The predicted molar refractivity (Wildman–Crippen MR) is 72.9 cm³/mol. The average molecular weight is 255 g/mol. The van der Waals surface area contributed by atoms with E-state index in [0.717, 1.165) is 16.0 Å². The number of hydrogen-bond acceptors (Lipinski definition) is 2. The first-order valence-corrected chi connectivity index (χ1v) is 5.76. The van der Waals surface area contributed by atoms with Gasteiger partial charge in [0.05, 0.1) is 5.69 Å². The fraction of sp³-hybridized carbons (Fsp3) is 0.0667. The molecule has 2 aromatic rings. The van der Waals surface area contributed by atoms with Gasteiger partial charge in [-0.3, -0.25) is 4.79 Å². The highest BCUT2D eigenvalue weighted by molar-refractivity contribution is 6.37. The lowest BCUT2D eigenvalue weighted by atomic mass is 10.0. The third-order valence-corrected chi connectivity index (χ3v) is 2.84. The molecule has 1 N–H and O–H groups in total. The summed E-state index contributed by atoms with van der Waals surface area (Å²) in [5.41, 5.74) is 2.32. The number of carbonyl (C=O) groups is 2. The van der Waals surface area contributed by atoms with Crippen molar-refractivity contribution in [1.82, 2.24) is 0 Å². The van der Waals surface area contributed by atoms with E-state index in [4.69, 9.17) is 5.11 Å². The number of anilines is 1. The van der Waals surface area contributed by atoms with Crippen LogP contribution in [-0.2, 0) is 9.59 Å². The number of carboxylic acids is 1. The fourth-order valence-corrected chi connectivity index (χ4v) is 1.88. The maximum absolute atomic E-state index is 11.6. The smallest absolute Gasteiger partial charge is 0.394 e. The van der Waals surface area contributed by atoms with Crippen molar-refractivity contribution in [2.45, 2.75) is 0 Å². The van der Waals surface area contributed by atoms with Gasteiger partial charge in [-0.15, -0.1) is 0 Å². The minimum atomic E-state index is -1.47. The molecule has 96 valence electrons. The molecule has 0 fully saturated rings. The van der Waals surface area contributed by atoms with Crippen LogP contribution in [0.5, 0.6) is 0 Å². The van der Waals surface area contributed by atoms with E-state index in [1.165, 1.54) is 7.05 Å². The standard InChI is InChI=1S/C15H13NO3/c1-16(14(17)15(18)19)13-10-6-5-9-12(13)11-7-3-2-4-8-11/h2-10H,1H3,(H,18,19). The van der Waals surface area contributed by atoms with Crippen LogP contribution in [0.2, 0.25) is 0 Å². The summed E-state index contributed by atoms with van der Waals surface area (Å²) in [6, 6.07) is 16.7. The summed E-state index contributed by atoms with van der Waals surface area (Å²) in [5.74, 6) is -2.42. The van der Waals surface area contributed by atoms with E-state index in [9.17, 15) is 9.59 Å². The van der Waals surface area contributed by atoms with Crippen molar-refractivity contribution in [2.75, 3.05) is 11.9 Å². The molecule has 0 radical (unpaired) electrons. The van der Waals surface area contributed by atoms with E-state index in [1.54, 1.807) is 12.1 Å². The molecule has 4 nitrogen and oxygen atoms in total. The van der Waals surface area contributed by atoms with Gasteiger partial charge in [-0.1, -0.05) is 48.5 Å². The van der Waals surface area contributed by atoms with E-state index in [0.29, 0.717) is 5.69 Å². The molecule has 4 heteroatoms. The summed E-state index contributed by atoms with van der Waals surface area (Å²) >= 11 is 0. The van der Waals surface area contributed by atoms with Gasteiger partial charge < -0.3 is 10.0 Å². The maximum Gasteiger partial charge on any atom is 0.394 e. The van der Waals surface area contributed by atoms with Crippen LogP contribution < -0.4 is 4.90 Å².